The van der Waals surface area contributed by atoms with Gasteiger partial charge in [0.15, 0.2) is 5.82 Å². The van der Waals surface area contributed by atoms with Crippen molar-refractivity contribution in [3.8, 4) is 0 Å². The van der Waals surface area contributed by atoms with Gasteiger partial charge in [0, 0.05) is 24.4 Å². The van der Waals surface area contributed by atoms with E-state index in [2.05, 4.69) is 58.6 Å². The van der Waals surface area contributed by atoms with Crippen LogP contribution in [0.15, 0.2) is 18.5 Å². The van der Waals surface area contributed by atoms with Crippen LogP contribution in [0.4, 0.5) is 0 Å². The normalized spacial score (nSPS) is 19.6. The molecular weight excluding hydrogens is 248 g/mol. The van der Waals surface area contributed by atoms with Gasteiger partial charge in [0.25, 0.3) is 0 Å². The van der Waals surface area contributed by atoms with Crippen molar-refractivity contribution in [2.45, 2.75) is 64.0 Å². The second-order valence-electron chi connectivity index (χ2n) is 6.91. The van der Waals surface area contributed by atoms with Crippen molar-refractivity contribution in [1.82, 2.24) is 19.3 Å². The smallest absolute Gasteiger partial charge is 0.159 e. The lowest BCUT2D eigenvalue weighted by Gasteiger charge is -2.27. The van der Waals surface area contributed by atoms with Crippen LogP contribution in [-0.2, 0) is 5.54 Å². The molecule has 4 heteroatoms. The molecule has 0 unspecified atom stereocenters. The van der Waals surface area contributed by atoms with Crippen molar-refractivity contribution < 1.29 is 0 Å². The summed E-state index contributed by atoms with van der Waals surface area (Å²) < 4.78 is 4.72. The van der Waals surface area contributed by atoms with Crippen LogP contribution >= 0.6 is 0 Å². The lowest BCUT2D eigenvalue weighted by Crippen LogP contribution is -2.30. The summed E-state index contributed by atoms with van der Waals surface area (Å²) in [5, 5.41) is 9.13. The van der Waals surface area contributed by atoms with E-state index in [9.17, 15) is 0 Å². The molecule has 0 N–H and O–H groups in total. The van der Waals surface area contributed by atoms with Gasteiger partial charge in [-0.3, -0.25) is 0 Å². The zero-order chi connectivity index (χ0) is 13.9. The van der Waals surface area contributed by atoms with Crippen molar-refractivity contribution in [2.75, 3.05) is 0 Å². The molecule has 2 aliphatic rings. The standard InChI is InChI=1S/C16H22N4/c1-11-8-9-19(10-11)16(2,3)15-18-17-14(12-4-5-12)20(15)13-6-7-13/h8-10,12-13H,4-7H2,1-3H3. The number of rotatable bonds is 4. The molecule has 4 nitrogen and oxygen atoms in total. The molecule has 2 aliphatic carbocycles. The van der Waals surface area contributed by atoms with Gasteiger partial charge in [0.2, 0.25) is 0 Å². The van der Waals surface area contributed by atoms with E-state index in [4.69, 9.17) is 0 Å². The Bertz CT molecular complexity index is 641. The van der Waals surface area contributed by atoms with Crippen LogP contribution in [0.1, 0.15) is 68.7 Å². The molecule has 2 aromatic rings. The number of aromatic nitrogens is 4. The Morgan fingerprint density at radius 3 is 2.45 bits per heavy atom. The Morgan fingerprint density at radius 2 is 1.90 bits per heavy atom. The highest BCUT2D eigenvalue weighted by atomic mass is 15.3. The Balaban J connectivity index is 1.81. The maximum Gasteiger partial charge on any atom is 0.159 e. The minimum atomic E-state index is -0.142. The molecule has 20 heavy (non-hydrogen) atoms. The van der Waals surface area contributed by atoms with Crippen molar-refractivity contribution >= 4 is 0 Å². The van der Waals surface area contributed by atoms with Crippen LogP contribution in [-0.4, -0.2) is 19.3 Å². The third-order valence-corrected chi connectivity index (χ3v) is 4.61. The molecular formula is C16H22N4. The first kappa shape index (κ1) is 12.2. The van der Waals surface area contributed by atoms with Crippen molar-refractivity contribution in [1.29, 1.82) is 0 Å². The zero-order valence-electron chi connectivity index (χ0n) is 12.5. The highest BCUT2D eigenvalue weighted by Crippen LogP contribution is 2.46. The van der Waals surface area contributed by atoms with Gasteiger partial charge in [0.1, 0.15) is 5.82 Å². The molecule has 0 aromatic carbocycles. The van der Waals surface area contributed by atoms with E-state index in [1.807, 2.05) is 0 Å². The van der Waals surface area contributed by atoms with Gasteiger partial charge >= 0.3 is 0 Å². The van der Waals surface area contributed by atoms with Crippen LogP contribution in [0.5, 0.6) is 0 Å². The Labute approximate surface area is 119 Å². The maximum absolute atomic E-state index is 4.59. The summed E-state index contributed by atoms with van der Waals surface area (Å²) in [4.78, 5) is 0. The largest absolute Gasteiger partial charge is 0.341 e. The second-order valence-corrected chi connectivity index (χ2v) is 6.91. The van der Waals surface area contributed by atoms with Gasteiger partial charge in [-0.2, -0.15) is 0 Å². The van der Waals surface area contributed by atoms with Gasteiger partial charge < -0.3 is 9.13 Å². The molecule has 0 atom stereocenters. The van der Waals surface area contributed by atoms with Crippen LogP contribution in [0.3, 0.4) is 0 Å². The van der Waals surface area contributed by atoms with E-state index >= 15 is 0 Å². The van der Waals surface area contributed by atoms with E-state index in [0.29, 0.717) is 12.0 Å². The molecule has 0 bridgehead atoms. The molecule has 0 saturated heterocycles. The van der Waals surface area contributed by atoms with E-state index < -0.39 is 0 Å². The summed E-state index contributed by atoms with van der Waals surface area (Å²) in [5.74, 6) is 3.02. The topological polar surface area (TPSA) is 35.6 Å². The predicted octanol–water partition coefficient (Wildman–Crippen LogP) is 3.38. The maximum atomic E-state index is 4.59. The third kappa shape index (κ3) is 1.81. The monoisotopic (exact) mass is 270 g/mol. The van der Waals surface area contributed by atoms with Crippen LogP contribution < -0.4 is 0 Å². The number of hydrogen-bond donors (Lipinski definition) is 0. The van der Waals surface area contributed by atoms with Gasteiger partial charge in [-0.25, -0.2) is 0 Å². The molecule has 0 radical (unpaired) electrons. The molecule has 0 spiro atoms. The Kier molecular flexibility index (Phi) is 2.41. The van der Waals surface area contributed by atoms with E-state index in [1.54, 1.807) is 0 Å². The van der Waals surface area contributed by atoms with E-state index in [0.717, 1.165) is 5.82 Å². The molecule has 4 rings (SSSR count). The third-order valence-electron chi connectivity index (χ3n) is 4.61. The SMILES string of the molecule is Cc1ccn(C(C)(C)c2nnc(C3CC3)n2C2CC2)c1. The van der Waals surface area contributed by atoms with Crippen molar-refractivity contribution in [2.24, 2.45) is 0 Å². The molecule has 2 fully saturated rings. The fraction of sp³-hybridized carbons (Fsp3) is 0.625. The summed E-state index contributed by atoms with van der Waals surface area (Å²) in [6.07, 6.45) is 9.49. The average Bonchev–Trinajstić information content (AvgIpc) is 3.34. The Morgan fingerprint density at radius 1 is 1.15 bits per heavy atom. The van der Waals surface area contributed by atoms with Gasteiger partial charge in [-0.1, -0.05) is 0 Å². The van der Waals surface area contributed by atoms with Crippen LogP contribution in [0.2, 0.25) is 0 Å². The summed E-state index contributed by atoms with van der Waals surface area (Å²) >= 11 is 0. The predicted molar refractivity (Wildman–Crippen MR) is 77.9 cm³/mol. The first-order chi connectivity index (χ1) is 9.57. The van der Waals surface area contributed by atoms with Crippen LogP contribution in [0.25, 0.3) is 0 Å². The lowest BCUT2D eigenvalue weighted by atomic mass is 10.0. The highest BCUT2D eigenvalue weighted by molar-refractivity contribution is 5.20. The molecule has 106 valence electrons. The fourth-order valence-electron chi connectivity index (χ4n) is 3.00. The summed E-state index contributed by atoms with van der Waals surface area (Å²) in [7, 11) is 0. The molecule has 0 aliphatic heterocycles. The molecule has 2 heterocycles. The summed E-state index contributed by atoms with van der Waals surface area (Å²) in [5.41, 5.74) is 1.15. The number of aryl methyl sites for hydroxylation is 1. The minimum Gasteiger partial charge on any atom is -0.341 e. The van der Waals surface area contributed by atoms with E-state index in [1.165, 1.54) is 37.1 Å². The molecule has 0 amide bonds. The summed E-state index contributed by atoms with van der Waals surface area (Å²) in [6, 6.07) is 2.80. The minimum absolute atomic E-state index is 0.142. The average molecular weight is 270 g/mol. The quantitative estimate of drug-likeness (QED) is 0.853. The first-order valence-corrected chi connectivity index (χ1v) is 7.67. The van der Waals surface area contributed by atoms with Crippen LogP contribution in [0, 0.1) is 6.92 Å². The fourth-order valence-corrected chi connectivity index (χ4v) is 3.00. The highest BCUT2D eigenvalue weighted by Gasteiger charge is 2.40. The van der Waals surface area contributed by atoms with Crippen molar-refractivity contribution in [3.05, 3.63) is 35.7 Å². The first-order valence-electron chi connectivity index (χ1n) is 7.67. The summed E-state index contributed by atoms with van der Waals surface area (Å²) in [6.45, 7) is 6.62. The van der Waals surface area contributed by atoms with Gasteiger partial charge in [0.05, 0.1) is 5.54 Å². The van der Waals surface area contributed by atoms with Gasteiger partial charge in [-0.15, -0.1) is 10.2 Å². The lowest BCUT2D eigenvalue weighted by molar-refractivity contribution is 0.387. The molecule has 2 aromatic heterocycles. The number of hydrogen-bond acceptors (Lipinski definition) is 2. The Hall–Kier alpha value is -1.58. The second kappa shape index (κ2) is 3.96. The van der Waals surface area contributed by atoms with Crippen molar-refractivity contribution in [3.63, 3.8) is 0 Å². The van der Waals surface area contributed by atoms with Gasteiger partial charge in [-0.05, 0) is 58.1 Å². The number of nitrogens with zero attached hydrogens (tertiary/aromatic N) is 4. The van der Waals surface area contributed by atoms with E-state index in [-0.39, 0.29) is 5.54 Å². The molecule has 2 saturated carbocycles. The zero-order valence-corrected chi connectivity index (χ0v) is 12.5.